The number of aromatic nitrogens is 2. The summed E-state index contributed by atoms with van der Waals surface area (Å²) in [6.07, 6.45) is 32.1. The van der Waals surface area contributed by atoms with Gasteiger partial charge in [0.25, 0.3) is 0 Å². The van der Waals surface area contributed by atoms with Crippen LogP contribution in [0.2, 0.25) is 0 Å². The van der Waals surface area contributed by atoms with Crippen molar-refractivity contribution < 1.29 is 57.1 Å². The first-order chi connectivity index (χ1) is 23.7. The van der Waals surface area contributed by atoms with E-state index in [0.29, 0.717) is 0 Å². The van der Waals surface area contributed by atoms with Crippen LogP contribution in [0.1, 0.15) is 151 Å². The number of fused-ring (bicyclic) bond motifs is 4. The Hall–Kier alpha value is -1.68. The molecule has 4 N–H and O–H groups in total. The van der Waals surface area contributed by atoms with Crippen LogP contribution < -0.4 is 68.6 Å². The molecule has 4 aromatic rings. The van der Waals surface area contributed by atoms with Crippen molar-refractivity contribution in [3.63, 3.8) is 0 Å². The summed E-state index contributed by atoms with van der Waals surface area (Å²) in [4.78, 5) is 0. The first-order valence-electron chi connectivity index (χ1n) is 20.2. The number of anilines is 2. The Balaban J connectivity index is 0.00000281. The summed E-state index contributed by atoms with van der Waals surface area (Å²) in [5.74, 6) is 0. The molecular weight excluding hydrogens is 838 g/mol. The van der Waals surface area contributed by atoms with E-state index in [2.05, 4.69) is 57.7 Å². The van der Waals surface area contributed by atoms with Crippen LogP contribution in [0.3, 0.4) is 0 Å². The predicted octanol–water partition coefficient (Wildman–Crippen LogP) is 4.44. The highest BCUT2D eigenvalue weighted by Crippen LogP contribution is 2.31. The molecule has 0 bridgehead atoms. The number of rotatable bonds is 19. The van der Waals surface area contributed by atoms with Gasteiger partial charge in [0.15, 0.2) is 11.4 Å². The number of nitrogens with zero attached hydrogens (tertiary/aromatic N) is 2. The molecule has 0 saturated carbocycles. The summed E-state index contributed by atoms with van der Waals surface area (Å²) in [5, 5.41) is 2.51. The number of hydrogen-bond donors (Lipinski definition) is 2. The molecule has 0 amide bonds. The number of nitrogens with two attached hydrogens (primary N) is 2. The van der Waals surface area contributed by atoms with Gasteiger partial charge < -0.3 is 59.4 Å². The largest absolute Gasteiger partial charge is 1.00 e. The normalized spacial score (nSPS) is 13.8. The second kappa shape index (κ2) is 21.8. The maximum absolute atomic E-state index is 6.63. The topological polar surface area (TPSA) is 59.8 Å². The summed E-state index contributed by atoms with van der Waals surface area (Å²) in [6.45, 7) is 2.29. The number of hydrogen-bond acceptors (Lipinski definition) is 2. The third-order valence-corrected chi connectivity index (χ3v) is 11.7. The number of halogens is 2. The molecule has 0 fully saturated rings. The van der Waals surface area contributed by atoms with E-state index in [1.54, 1.807) is 0 Å². The van der Waals surface area contributed by atoms with Crippen LogP contribution in [0.15, 0.2) is 48.5 Å². The number of aryl methyl sites for hydroxylation is 2. The number of unbranched alkanes of at least 4 members (excludes halogenated alkanes) is 15. The minimum absolute atomic E-state index is 0. The first-order valence-corrected chi connectivity index (χ1v) is 20.2. The molecule has 2 aromatic heterocycles. The van der Waals surface area contributed by atoms with Gasteiger partial charge in [0, 0.05) is 48.9 Å². The van der Waals surface area contributed by atoms with Crippen molar-refractivity contribution in [1.29, 1.82) is 0 Å². The summed E-state index contributed by atoms with van der Waals surface area (Å²) in [5.41, 5.74) is 23.9. The smallest absolute Gasteiger partial charge is 0.214 e. The molecule has 2 aromatic carbocycles. The van der Waals surface area contributed by atoms with E-state index in [1.807, 2.05) is 0 Å². The van der Waals surface area contributed by atoms with Crippen LogP contribution in [0.5, 0.6) is 0 Å². The van der Waals surface area contributed by atoms with Crippen molar-refractivity contribution in [2.24, 2.45) is 0 Å². The molecule has 0 atom stereocenters. The van der Waals surface area contributed by atoms with Crippen molar-refractivity contribution in [3.05, 3.63) is 71.0 Å². The minimum Gasteiger partial charge on any atom is -1.00 e. The van der Waals surface area contributed by atoms with Gasteiger partial charge in [0.05, 0.1) is 22.1 Å². The lowest BCUT2D eigenvalue weighted by Gasteiger charge is -2.18. The van der Waals surface area contributed by atoms with Crippen LogP contribution in [-0.4, -0.2) is 0 Å². The van der Waals surface area contributed by atoms with E-state index >= 15 is 0 Å². The van der Waals surface area contributed by atoms with Crippen LogP contribution >= 0.6 is 0 Å². The van der Waals surface area contributed by atoms with Crippen LogP contribution in [0.25, 0.3) is 21.8 Å². The quantitative estimate of drug-likeness (QED) is 0.0832. The minimum atomic E-state index is 0. The van der Waals surface area contributed by atoms with Crippen molar-refractivity contribution in [2.45, 2.75) is 167 Å². The lowest BCUT2D eigenvalue weighted by molar-refractivity contribution is -0.680. The summed E-state index contributed by atoms with van der Waals surface area (Å²) in [7, 11) is 0. The van der Waals surface area contributed by atoms with E-state index in [1.165, 1.54) is 186 Å². The molecule has 6 heteroatoms. The van der Waals surface area contributed by atoms with Gasteiger partial charge >= 0.3 is 0 Å². The van der Waals surface area contributed by atoms with Crippen LogP contribution in [0.4, 0.5) is 11.4 Å². The van der Waals surface area contributed by atoms with Crippen LogP contribution in [-0.2, 0) is 38.8 Å². The molecule has 2 aliphatic rings. The van der Waals surface area contributed by atoms with Gasteiger partial charge in [-0.25, -0.2) is 0 Å². The maximum Gasteiger partial charge on any atom is 0.214 e. The lowest BCUT2D eigenvalue weighted by atomic mass is 9.92. The first kappa shape index (κ1) is 41.1. The zero-order valence-electron chi connectivity index (χ0n) is 30.8. The molecule has 0 radical (unpaired) electrons. The predicted molar refractivity (Wildman–Crippen MR) is 204 cm³/mol. The van der Waals surface area contributed by atoms with Crippen molar-refractivity contribution in [3.8, 4) is 0 Å². The Morgan fingerprint density at radius 1 is 0.400 bits per heavy atom. The highest BCUT2D eigenvalue weighted by atomic mass is 127. The third kappa shape index (κ3) is 10.5. The number of pyridine rings is 2. The SMILES string of the molecule is Nc1c2c([n+](CCCCCCCCCCCCCCCCCC[n+]3c4c(c(N)c5ccccc53)CCCC4)c3ccccc13)CCCC2.[I-].[I-]. The molecule has 2 heterocycles. The van der Waals surface area contributed by atoms with Gasteiger partial charge in [0.1, 0.15) is 13.1 Å². The fourth-order valence-corrected chi connectivity index (χ4v) is 8.97. The zero-order valence-corrected chi connectivity index (χ0v) is 35.1. The zero-order chi connectivity index (χ0) is 33.0. The fraction of sp³-hybridized carbons (Fsp3) is 0.591. The Kier molecular flexibility index (Phi) is 17.9. The summed E-state index contributed by atoms with van der Waals surface area (Å²) < 4.78 is 5.24. The summed E-state index contributed by atoms with van der Waals surface area (Å²) in [6, 6.07) is 17.6. The number of para-hydroxylation sites is 2. The maximum atomic E-state index is 6.63. The van der Waals surface area contributed by atoms with E-state index in [9.17, 15) is 0 Å². The number of nitrogen functional groups attached to an aromatic ring is 2. The van der Waals surface area contributed by atoms with E-state index in [-0.39, 0.29) is 48.0 Å². The molecule has 50 heavy (non-hydrogen) atoms. The van der Waals surface area contributed by atoms with Gasteiger partial charge in [-0.2, -0.15) is 9.13 Å². The number of benzene rings is 2. The molecule has 0 aliphatic heterocycles. The molecular formula is C44H64I2N4. The third-order valence-electron chi connectivity index (χ3n) is 11.7. The molecule has 0 saturated heterocycles. The highest BCUT2D eigenvalue weighted by Gasteiger charge is 2.27. The van der Waals surface area contributed by atoms with Gasteiger partial charge in [-0.1, -0.05) is 101 Å². The Bertz CT molecular complexity index is 1510. The van der Waals surface area contributed by atoms with Gasteiger partial charge in [-0.3, -0.25) is 0 Å². The van der Waals surface area contributed by atoms with Gasteiger partial charge in [-0.05, 0) is 63.5 Å². The molecule has 0 unspecified atom stereocenters. The standard InChI is InChI=1S/C44H62N4.2HI/c45-43-35-25-15-19-29-39(35)47(40-30-20-16-26-36(40)43)33-23-13-11-9-7-5-3-1-2-4-6-8-10-12-14-24-34-48-41-31-21-17-27-37(41)44(46)38-28-18-22-32-42(38)48;;/h15,17,19,21,25,27,29,31,45-46H,1-14,16,18,20,22-24,26,28,30,32-34H2;2*1H. The van der Waals surface area contributed by atoms with E-state index in [0.717, 1.165) is 37.3 Å². The average molecular weight is 903 g/mol. The molecule has 6 rings (SSSR count). The summed E-state index contributed by atoms with van der Waals surface area (Å²) >= 11 is 0. The van der Waals surface area contributed by atoms with Gasteiger partial charge in [-0.15, -0.1) is 0 Å². The van der Waals surface area contributed by atoms with E-state index in [4.69, 9.17) is 11.5 Å². The monoisotopic (exact) mass is 902 g/mol. The molecule has 274 valence electrons. The average Bonchev–Trinajstić information content (AvgIpc) is 3.13. The van der Waals surface area contributed by atoms with Crippen molar-refractivity contribution in [1.82, 2.24) is 0 Å². The van der Waals surface area contributed by atoms with E-state index < -0.39 is 0 Å². The second-order valence-electron chi connectivity index (χ2n) is 15.1. The Morgan fingerprint density at radius 2 is 0.700 bits per heavy atom. The lowest BCUT2D eigenvalue weighted by Crippen LogP contribution is -3.00. The van der Waals surface area contributed by atoms with Crippen LogP contribution in [0, 0.1) is 0 Å². The van der Waals surface area contributed by atoms with Crippen molar-refractivity contribution >= 4 is 33.2 Å². The molecule has 0 spiro atoms. The molecule has 2 aliphatic carbocycles. The Labute approximate surface area is 337 Å². The highest BCUT2D eigenvalue weighted by molar-refractivity contribution is 5.90. The van der Waals surface area contributed by atoms with Gasteiger partial charge in [0.2, 0.25) is 11.0 Å². The molecule has 4 nitrogen and oxygen atoms in total. The second-order valence-corrected chi connectivity index (χ2v) is 15.1. The fourth-order valence-electron chi connectivity index (χ4n) is 8.97. The van der Waals surface area contributed by atoms with Crippen molar-refractivity contribution in [2.75, 3.05) is 11.5 Å². The Morgan fingerprint density at radius 3 is 1.06 bits per heavy atom.